The van der Waals surface area contributed by atoms with Gasteiger partial charge in [-0.2, -0.15) is 5.10 Å². The van der Waals surface area contributed by atoms with Gasteiger partial charge in [-0.25, -0.2) is 0 Å². The van der Waals surface area contributed by atoms with Gasteiger partial charge in [-0.15, -0.1) is 0 Å². The van der Waals surface area contributed by atoms with Crippen LogP contribution in [0.25, 0.3) is 0 Å². The third-order valence-corrected chi connectivity index (χ3v) is 5.08. The molecule has 140 valence electrons. The van der Waals surface area contributed by atoms with E-state index in [-0.39, 0.29) is 5.91 Å². The SMILES string of the molecule is CC(C)(C(=O)Nc1cnn(CCN2CCOCC2)c1)c1ccccc1Cl. The summed E-state index contributed by atoms with van der Waals surface area (Å²) in [6.45, 7) is 8.93. The minimum Gasteiger partial charge on any atom is -0.379 e. The van der Waals surface area contributed by atoms with Crippen LogP contribution >= 0.6 is 11.6 Å². The van der Waals surface area contributed by atoms with Crippen molar-refractivity contribution in [3.8, 4) is 0 Å². The number of anilines is 1. The molecule has 0 bridgehead atoms. The zero-order valence-electron chi connectivity index (χ0n) is 15.2. The number of morpholine rings is 1. The molecule has 1 N–H and O–H groups in total. The quantitative estimate of drug-likeness (QED) is 0.842. The molecule has 0 aliphatic carbocycles. The number of carbonyl (C=O) groups excluding carboxylic acids is 1. The van der Waals surface area contributed by atoms with Crippen LogP contribution in [0.2, 0.25) is 5.02 Å². The molecule has 0 unspecified atom stereocenters. The van der Waals surface area contributed by atoms with Gasteiger partial charge in [0.1, 0.15) is 0 Å². The van der Waals surface area contributed by atoms with Crippen molar-refractivity contribution >= 4 is 23.2 Å². The van der Waals surface area contributed by atoms with Crippen molar-refractivity contribution in [3.63, 3.8) is 0 Å². The number of ether oxygens (including phenoxy) is 1. The number of nitrogens with zero attached hydrogens (tertiary/aromatic N) is 3. The maximum Gasteiger partial charge on any atom is 0.234 e. The lowest BCUT2D eigenvalue weighted by Crippen LogP contribution is -2.38. The highest BCUT2D eigenvalue weighted by Crippen LogP contribution is 2.30. The molecule has 2 heterocycles. The molecule has 1 aromatic heterocycles. The number of benzene rings is 1. The number of amides is 1. The van der Waals surface area contributed by atoms with Gasteiger partial charge in [0.2, 0.25) is 5.91 Å². The fourth-order valence-electron chi connectivity index (χ4n) is 3.00. The first kappa shape index (κ1) is 18.9. The molecule has 1 aliphatic heterocycles. The van der Waals surface area contributed by atoms with Gasteiger partial charge in [0.15, 0.2) is 0 Å². The van der Waals surface area contributed by atoms with Crippen molar-refractivity contribution in [1.29, 1.82) is 0 Å². The van der Waals surface area contributed by atoms with Crippen LogP contribution in [0.1, 0.15) is 19.4 Å². The Bertz CT molecular complexity index is 754. The first-order valence-electron chi connectivity index (χ1n) is 8.86. The lowest BCUT2D eigenvalue weighted by Gasteiger charge is -2.26. The Labute approximate surface area is 159 Å². The van der Waals surface area contributed by atoms with E-state index < -0.39 is 5.41 Å². The standard InChI is InChI=1S/C19H25ClN4O2/c1-19(2,16-5-3-4-6-17(16)20)18(25)22-15-13-21-24(14-15)8-7-23-9-11-26-12-10-23/h3-6,13-14H,7-12H2,1-2H3,(H,22,25). The van der Waals surface area contributed by atoms with Gasteiger partial charge in [-0.3, -0.25) is 14.4 Å². The predicted octanol–water partition coefficient (Wildman–Crippen LogP) is 2.79. The molecular weight excluding hydrogens is 352 g/mol. The van der Waals surface area contributed by atoms with E-state index in [9.17, 15) is 4.79 Å². The summed E-state index contributed by atoms with van der Waals surface area (Å²) in [5.74, 6) is -0.113. The minimum absolute atomic E-state index is 0.113. The normalized spacial score (nSPS) is 15.8. The van der Waals surface area contributed by atoms with E-state index in [4.69, 9.17) is 16.3 Å². The second-order valence-corrected chi connectivity index (χ2v) is 7.41. The van der Waals surface area contributed by atoms with Gasteiger partial charge < -0.3 is 10.1 Å². The van der Waals surface area contributed by atoms with Gasteiger partial charge in [-0.1, -0.05) is 29.8 Å². The van der Waals surface area contributed by atoms with Gasteiger partial charge >= 0.3 is 0 Å². The van der Waals surface area contributed by atoms with Crippen LogP contribution in [0, 0.1) is 0 Å². The summed E-state index contributed by atoms with van der Waals surface area (Å²) < 4.78 is 7.21. The van der Waals surface area contributed by atoms with Crippen molar-refractivity contribution in [2.75, 3.05) is 38.2 Å². The van der Waals surface area contributed by atoms with E-state index in [1.54, 1.807) is 12.3 Å². The summed E-state index contributed by atoms with van der Waals surface area (Å²) in [5, 5.41) is 7.89. The Hall–Kier alpha value is -1.89. The van der Waals surface area contributed by atoms with E-state index >= 15 is 0 Å². The number of hydrogen-bond donors (Lipinski definition) is 1. The number of aromatic nitrogens is 2. The van der Waals surface area contributed by atoms with Gasteiger partial charge in [0.05, 0.1) is 37.1 Å². The third-order valence-electron chi connectivity index (χ3n) is 4.76. The first-order chi connectivity index (χ1) is 12.5. The topological polar surface area (TPSA) is 59.4 Å². The van der Waals surface area contributed by atoms with E-state index in [1.807, 2.05) is 42.9 Å². The molecule has 0 saturated carbocycles. The second-order valence-electron chi connectivity index (χ2n) is 7.01. The number of halogens is 1. The van der Waals surface area contributed by atoms with Crippen LogP contribution in [0.5, 0.6) is 0 Å². The molecule has 0 atom stereocenters. The second kappa shape index (κ2) is 8.20. The highest BCUT2D eigenvalue weighted by atomic mass is 35.5. The van der Waals surface area contributed by atoms with Crippen LogP contribution in [-0.4, -0.2) is 53.4 Å². The summed E-state index contributed by atoms with van der Waals surface area (Å²) in [4.78, 5) is 15.1. The number of hydrogen-bond acceptors (Lipinski definition) is 4. The molecule has 1 fully saturated rings. The third kappa shape index (κ3) is 4.44. The average molecular weight is 377 g/mol. The molecule has 0 spiro atoms. The Morgan fingerprint density at radius 3 is 2.73 bits per heavy atom. The van der Waals surface area contributed by atoms with Crippen LogP contribution in [-0.2, 0) is 21.5 Å². The molecule has 3 rings (SSSR count). The molecule has 1 saturated heterocycles. The van der Waals surface area contributed by atoms with E-state index in [2.05, 4.69) is 15.3 Å². The molecule has 26 heavy (non-hydrogen) atoms. The molecule has 2 aromatic rings. The van der Waals surface area contributed by atoms with E-state index in [0.717, 1.165) is 45.0 Å². The highest BCUT2D eigenvalue weighted by molar-refractivity contribution is 6.31. The lowest BCUT2D eigenvalue weighted by molar-refractivity contribution is -0.120. The first-order valence-corrected chi connectivity index (χ1v) is 9.23. The monoisotopic (exact) mass is 376 g/mol. The molecule has 0 radical (unpaired) electrons. The molecule has 7 heteroatoms. The summed E-state index contributed by atoms with van der Waals surface area (Å²) in [6.07, 6.45) is 3.54. The van der Waals surface area contributed by atoms with Crippen LogP contribution < -0.4 is 5.32 Å². The zero-order valence-corrected chi connectivity index (χ0v) is 16.0. The molecular formula is C19H25ClN4O2. The molecule has 6 nitrogen and oxygen atoms in total. The summed E-state index contributed by atoms with van der Waals surface area (Å²) in [5.41, 5.74) is 0.754. The van der Waals surface area contributed by atoms with Crippen LogP contribution in [0.15, 0.2) is 36.7 Å². The summed E-state index contributed by atoms with van der Waals surface area (Å²) in [6, 6.07) is 7.43. The smallest absolute Gasteiger partial charge is 0.234 e. The molecule has 1 amide bonds. The van der Waals surface area contributed by atoms with Gasteiger partial charge in [-0.05, 0) is 25.5 Å². The van der Waals surface area contributed by atoms with Crippen molar-refractivity contribution < 1.29 is 9.53 Å². The van der Waals surface area contributed by atoms with E-state index in [1.165, 1.54) is 0 Å². The van der Waals surface area contributed by atoms with Gasteiger partial charge in [0, 0.05) is 30.9 Å². The maximum absolute atomic E-state index is 12.8. The molecule has 1 aliphatic rings. The van der Waals surface area contributed by atoms with Crippen molar-refractivity contribution in [2.24, 2.45) is 0 Å². The largest absolute Gasteiger partial charge is 0.379 e. The maximum atomic E-state index is 12.8. The fraction of sp³-hybridized carbons (Fsp3) is 0.474. The predicted molar refractivity (Wildman–Crippen MR) is 103 cm³/mol. The Balaban J connectivity index is 1.59. The Kier molecular flexibility index (Phi) is 5.96. The summed E-state index contributed by atoms with van der Waals surface area (Å²) in [7, 11) is 0. The van der Waals surface area contributed by atoms with Crippen molar-refractivity contribution in [1.82, 2.24) is 14.7 Å². The van der Waals surface area contributed by atoms with Crippen molar-refractivity contribution in [2.45, 2.75) is 25.8 Å². The minimum atomic E-state index is -0.742. The number of rotatable bonds is 6. The number of nitrogens with one attached hydrogen (secondary N) is 1. The zero-order chi connectivity index (χ0) is 18.6. The van der Waals surface area contributed by atoms with E-state index in [0.29, 0.717) is 10.7 Å². The average Bonchev–Trinajstić information content (AvgIpc) is 3.08. The van der Waals surface area contributed by atoms with Crippen LogP contribution in [0.3, 0.4) is 0 Å². The fourth-order valence-corrected chi connectivity index (χ4v) is 3.37. The Morgan fingerprint density at radius 1 is 1.27 bits per heavy atom. The van der Waals surface area contributed by atoms with Crippen LogP contribution in [0.4, 0.5) is 5.69 Å². The van der Waals surface area contributed by atoms with Crippen molar-refractivity contribution in [3.05, 3.63) is 47.2 Å². The van der Waals surface area contributed by atoms with Gasteiger partial charge in [0.25, 0.3) is 0 Å². The Morgan fingerprint density at radius 2 is 2.00 bits per heavy atom. The summed E-state index contributed by atoms with van der Waals surface area (Å²) >= 11 is 6.26. The molecule has 1 aromatic carbocycles. The lowest BCUT2D eigenvalue weighted by atomic mass is 9.83. The highest BCUT2D eigenvalue weighted by Gasteiger charge is 2.31. The number of carbonyl (C=O) groups is 1.